The minimum Gasteiger partial charge on any atom is -0.394 e. The van der Waals surface area contributed by atoms with E-state index in [9.17, 15) is 9.59 Å². The van der Waals surface area contributed by atoms with Gasteiger partial charge < -0.3 is 5.73 Å². The van der Waals surface area contributed by atoms with Gasteiger partial charge in [0.25, 0.3) is 10.9 Å². The molecule has 0 spiro atoms. The molecule has 3 rings (SSSR count). The summed E-state index contributed by atoms with van der Waals surface area (Å²) >= 11 is 0. The van der Waals surface area contributed by atoms with E-state index in [0.717, 1.165) is 17.3 Å². The maximum atomic E-state index is 11.4. The predicted molar refractivity (Wildman–Crippen MR) is 81.1 cm³/mol. The topological polar surface area (TPSA) is 78.0 Å². The Bertz CT molecular complexity index is 823. The van der Waals surface area contributed by atoms with E-state index in [4.69, 9.17) is 5.73 Å². The number of hydrogen-bond donors (Lipinski definition) is 1. The van der Waals surface area contributed by atoms with Crippen molar-refractivity contribution in [2.24, 2.45) is 0 Å². The van der Waals surface area contributed by atoms with Crippen LogP contribution in [0.3, 0.4) is 0 Å². The summed E-state index contributed by atoms with van der Waals surface area (Å²) in [6, 6.07) is 5.92. The van der Waals surface area contributed by atoms with E-state index in [-0.39, 0.29) is 11.4 Å². The largest absolute Gasteiger partial charge is 0.394 e. The Kier molecular flexibility index (Phi) is 3.70. The SMILES string of the molecule is CC.CCc1ccc2cn(-c3c(N)c(=O)c3=O)nc2c1. The summed E-state index contributed by atoms with van der Waals surface area (Å²) in [5.74, 6) is 0. The predicted octanol–water partition coefficient (Wildman–Crippen LogP) is 1.79. The second kappa shape index (κ2) is 5.28. The zero-order chi connectivity index (χ0) is 14.9. The molecule has 0 fully saturated rings. The highest BCUT2D eigenvalue weighted by atomic mass is 16.2. The highest BCUT2D eigenvalue weighted by molar-refractivity contribution is 5.80. The first-order valence-corrected chi connectivity index (χ1v) is 6.69. The van der Waals surface area contributed by atoms with Gasteiger partial charge in [-0.15, -0.1) is 0 Å². The lowest BCUT2D eigenvalue weighted by molar-refractivity contribution is 0.879. The Morgan fingerprint density at radius 3 is 2.50 bits per heavy atom. The van der Waals surface area contributed by atoms with Gasteiger partial charge >= 0.3 is 0 Å². The lowest BCUT2D eigenvalue weighted by Gasteiger charge is -2.04. The summed E-state index contributed by atoms with van der Waals surface area (Å²) in [6.07, 6.45) is 2.63. The number of nitrogen functional groups attached to an aromatic ring is 1. The van der Waals surface area contributed by atoms with Crippen molar-refractivity contribution < 1.29 is 0 Å². The van der Waals surface area contributed by atoms with Gasteiger partial charge in [-0.1, -0.05) is 32.9 Å². The van der Waals surface area contributed by atoms with E-state index < -0.39 is 10.9 Å². The number of anilines is 1. The van der Waals surface area contributed by atoms with Crippen LogP contribution >= 0.6 is 0 Å². The number of hydrogen-bond acceptors (Lipinski definition) is 4. The first-order chi connectivity index (χ1) is 9.61. The average molecular weight is 271 g/mol. The number of rotatable bonds is 2. The van der Waals surface area contributed by atoms with Crippen molar-refractivity contribution in [2.75, 3.05) is 5.73 Å². The van der Waals surface area contributed by atoms with Gasteiger partial charge in [-0.2, -0.15) is 5.10 Å². The maximum absolute atomic E-state index is 11.4. The van der Waals surface area contributed by atoms with Crippen LogP contribution in [0.1, 0.15) is 26.3 Å². The lowest BCUT2D eigenvalue weighted by Crippen LogP contribution is -2.38. The van der Waals surface area contributed by atoms with E-state index in [1.54, 1.807) is 6.20 Å². The molecule has 0 aliphatic heterocycles. The molecule has 0 saturated carbocycles. The Hall–Kier alpha value is -2.43. The van der Waals surface area contributed by atoms with Gasteiger partial charge in [0.05, 0.1) is 5.52 Å². The van der Waals surface area contributed by atoms with Gasteiger partial charge in [-0.05, 0) is 18.1 Å². The summed E-state index contributed by atoms with van der Waals surface area (Å²) < 4.78 is 1.39. The summed E-state index contributed by atoms with van der Waals surface area (Å²) in [7, 11) is 0. The Balaban J connectivity index is 0.000000704. The van der Waals surface area contributed by atoms with Gasteiger partial charge in [0.2, 0.25) is 0 Å². The third-order valence-electron chi connectivity index (χ3n) is 3.13. The molecular weight excluding hydrogens is 254 g/mol. The number of fused-ring (bicyclic) bond motifs is 1. The highest BCUT2D eigenvalue weighted by Crippen LogP contribution is 2.18. The van der Waals surface area contributed by atoms with Crippen LogP contribution in [-0.2, 0) is 6.42 Å². The first-order valence-electron chi connectivity index (χ1n) is 6.69. The molecule has 2 N–H and O–H groups in total. The number of benzene rings is 1. The molecule has 5 heteroatoms. The van der Waals surface area contributed by atoms with Crippen LogP contribution in [0.4, 0.5) is 5.69 Å². The lowest BCUT2D eigenvalue weighted by atomic mass is 10.1. The molecule has 1 heterocycles. The van der Waals surface area contributed by atoms with Crippen molar-refractivity contribution in [3.05, 3.63) is 50.4 Å². The molecule has 0 radical (unpaired) electrons. The number of nitrogens with two attached hydrogens (primary N) is 1. The van der Waals surface area contributed by atoms with Gasteiger partial charge in [0.1, 0.15) is 11.4 Å². The van der Waals surface area contributed by atoms with E-state index in [1.807, 2.05) is 32.0 Å². The molecule has 0 unspecified atom stereocenters. The standard InChI is InChI=1S/C13H11N3O2.C2H6/c1-2-7-3-4-8-6-16(15-9(8)5-7)11-10(14)12(17)13(11)18;1-2/h3-6H,2,14H2,1H3;1-2H3. The van der Waals surface area contributed by atoms with E-state index in [0.29, 0.717) is 0 Å². The van der Waals surface area contributed by atoms with Gasteiger partial charge in [0.15, 0.2) is 0 Å². The fourth-order valence-corrected chi connectivity index (χ4v) is 2.02. The van der Waals surface area contributed by atoms with Crippen LogP contribution in [0.5, 0.6) is 0 Å². The summed E-state index contributed by atoms with van der Waals surface area (Å²) in [5.41, 5.74) is 6.45. The van der Waals surface area contributed by atoms with Crippen LogP contribution in [0.15, 0.2) is 34.0 Å². The molecule has 3 aromatic rings. The average Bonchev–Trinajstić information content (AvgIpc) is 2.90. The minimum absolute atomic E-state index is 0.0106. The van der Waals surface area contributed by atoms with Crippen LogP contribution < -0.4 is 16.6 Å². The minimum atomic E-state index is -0.626. The third kappa shape index (κ3) is 2.01. The molecular formula is C15H17N3O2. The Labute approximate surface area is 116 Å². The van der Waals surface area contributed by atoms with Crippen molar-refractivity contribution >= 4 is 16.6 Å². The van der Waals surface area contributed by atoms with Crippen LogP contribution in [0.25, 0.3) is 16.6 Å². The van der Waals surface area contributed by atoms with Crippen molar-refractivity contribution in [1.29, 1.82) is 0 Å². The second-order valence-corrected chi connectivity index (χ2v) is 4.24. The molecule has 1 aromatic heterocycles. The first kappa shape index (κ1) is 14.0. The van der Waals surface area contributed by atoms with Crippen molar-refractivity contribution in [1.82, 2.24) is 9.78 Å². The van der Waals surface area contributed by atoms with Gasteiger partial charge in [-0.3, -0.25) is 9.59 Å². The summed E-state index contributed by atoms with van der Waals surface area (Å²) in [5, 5.41) is 5.20. The highest BCUT2D eigenvalue weighted by Gasteiger charge is 2.20. The molecule has 5 nitrogen and oxygen atoms in total. The molecule has 2 aromatic carbocycles. The molecule has 20 heavy (non-hydrogen) atoms. The molecule has 0 bridgehead atoms. The molecule has 0 aliphatic rings. The molecule has 0 saturated heterocycles. The zero-order valence-corrected chi connectivity index (χ0v) is 11.8. The fourth-order valence-electron chi connectivity index (χ4n) is 2.02. The van der Waals surface area contributed by atoms with E-state index >= 15 is 0 Å². The Morgan fingerprint density at radius 2 is 1.90 bits per heavy atom. The maximum Gasteiger partial charge on any atom is 0.255 e. The molecule has 104 valence electrons. The molecule has 0 amide bonds. The van der Waals surface area contributed by atoms with Crippen LogP contribution in [0, 0.1) is 0 Å². The second-order valence-electron chi connectivity index (χ2n) is 4.24. The van der Waals surface area contributed by atoms with Gasteiger partial charge in [0, 0.05) is 11.6 Å². The molecule has 0 aliphatic carbocycles. The van der Waals surface area contributed by atoms with E-state index in [2.05, 4.69) is 12.0 Å². The van der Waals surface area contributed by atoms with Crippen LogP contribution in [-0.4, -0.2) is 9.78 Å². The summed E-state index contributed by atoms with van der Waals surface area (Å²) in [6.45, 7) is 6.06. The fraction of sp³-hybridized carbons (Fsp3) is 0.267. The van der Waals surface area contributed by atoms with E-state index in [1.165, 1.54) is 10.2 Å². The number of aromatic nitrogens is 2. The zero-order valence-electron chi connectivity index (χ0n) is 11.8. The van der Waals surface area contributed by atoms with Crippen molar-refractivity contribution in [3.63, 3.8) is 0 Å². The Morgan fingerprint density at radius 1 is 1.20 bits per heavy atom. The molecule has 0 atom stereocenters. The third-order valence-corrected chi connectivity index (χ3v) is 3.13. The quantitative estimate of drug-likeness (QED) is 0.721. The van der Waals surface area contributed by atoms with Crippen molar-refractivity contribution in [3.8, 4) is 5.69 Å². The van der Waals surface area contributed by atoms with Gasteiger partial charge in [-0.25, -0.2) is 4.68 Å². The summed E-state index contributed by atoms with van der Waals surface area (Å²) in [4.78, 5) is 22.5. The van der Waals surface area contributed by atoms with Crippen LogP contribution in [0.2, 0.25) is 0 Å². The smallest absolute Gasteiger partial charge is 0.255 e. The number of nitrogens with zero attached hydrogens (tertiary/aromatic N) is 2. The normalized spacial score (nSPS) is 10.6. The monoisotopic (exact) mass is 271 g/mol. The van der Waals surface area contributed by atoms with Crippen molar-refractivity contribution in [2.45, 2.75) is 27.2 Å². The number of aryl methyl sites for hydroxylation is 1.